The molecule has 0 unspecified atom stereocenters. The fourth-order valence-corrected chi connectivity index (χ4v) is 2.68. The molecule has 2 aromatic carbocycles. The van der Waals surface area contributed by atoms with Gasteiger partial charge in [0, 0.05) is 12.6 Å². The molecule has 23 heavy (non-hydrogen) atoms. The molecule has 0 aromatic heterocycles. The smallest absolute Gasteiger partial charge is 0.432 e. The molecule has 0 saturated carbocycles. The number of carbonyl (C=O) groups is 2. The third-order valence-electron chi connectivity index (χ3n) is 4.08. The lowest BCUT2D eigenvalue weighted by Crippen LogP contribution is -2.58. The minimum Gasteiger partial charge on any atom is -0.438 e. The number of ether oxygens (including phenoxy) is 1. The number of benzene rings is 2. The molecule has 1 fully saturated rings. The number of nitrogens with zero attached hydrogens (tertiary/aromatic N) is 2. The first-order valence-electron chi connectivity index (χ1n) is 7.47. The van der Waals surface area contributed by atoms with Crippen molar-refractivity contribution >= 4 is 12.0 Å². The van der Waals surface area contributed by atoms with E-state index >= 15 is 0 Å². The number of rotatable bonds is 2. The zero-order valence-electron chi connectivity index (χ0n) is 13.0. The molecule has 5 heteroatoms. The summed E-state index contributed by atoms with van der Waals surface area (Å²) < 4.78 is 5.53. The minimum absolute atomic E-state index is 0.164. The molecular weight excluding hydrogens is 292 g/mol. The molecule has 1 saturated heterocycles. The van der Waals surface area contributed by atoms with Gasteiger partial charge in [0.05, 0.1) is 6.04 Å². The van der Waals surface area contributed by atoms with Gasteiger partial charge in [-0.3, -0.25) is 4.79 Å². The Morgan fingerprint density at radius 2 is 1.57 bits per heavy atom. The van der Waals surface area contributed by atoms with E-state index < -0.39 is 18.1 Å². The molecule has 2 atom stereocenters. The number of hydrogen-bond donors (Lipinski definition) is 0. The Hall–Kier alpha value is -2.66. The number of likely N-dealkylation sites (N-methyl/N-ethyl adjacent to an activating group) is 1. The normalized spacial score (nSPS) is 21.8. The van der Waals surface area contributed by atoms with Crippen molar-refractivity contribution in [1.29, 1.82) is 0 Å². The highest BCUT2D eigenvalue weighted by molar-refractivity contribution is 6.02. The van der Waals surface area contributed by atoms with Crippen LogP contribution in [-0.4, -0.2) is 35.1 Å². The first-order valence-corrected chi connectivity index (χ1v) is 7.47. The van der Waals surface area contributed by atoms with E-state index in [1.807, 2.05) is 43.3 Å². The highest BCUT2D eigenvalue weighted by atomic mass is 16.6. The third kappa shape index (κ3) is 2.83. The van der Waals surface area contributed by atoms with Crippen molar-refractivity contribution in [1.82, 2.24) is 10.0 Å². The molecule has 0 spiro atoms. The minimum atomic E-state index is -0.659. The topological polar surface area (TPSA) is 49.9 Å². The monoisotopic (exact) mass is 310 g/mol. The van der Waals surface area contributed by atoms with E-state index in [9.17, 15) is 9.59 Å². The highest BCUT2D eigenvalue weighted by Gasteiger charge is 2.41. The second-order valence-electron chi connectivity index (χ2n) is 5.51. The standard InChI is InChI=1S/C18H18N2O3/c1-13-16(14-9-5-3-6-10-14)23-18(22)20(19(13)2)17(21)15-11-7-4-8-12-15/h3-13,16H,1-2H3/t13-,16+/m0/s1. The Balaban J connectivity index is 1.86. The Morgan fingerprint density at radius 3 is 2.17 bits per heavy atom. The van der Waals surface area contributed by atoms with Crippen molar-refractivity contribution in [3.8, 4) is 0 Å². The largest absolute Gasteiger partial charge is 0.438 e. The van der Waals surface area contributed by atoms with Crippen LogP contribution in [0.5, 0.6) is 0 Å². The van der Waals surface area contributed by atoms with Crippen LogP contribution in [0.3, 0.4) is 0 Å². The van der Waals surface area contributed by atoms with Gasteiger partial charge in [-0.15, -0.1) is 0 Å². The summed E-state index contributed by atoms with van der Waals surface area (Å²) >= 11 is 0. The molecule has 3 rings (SSSR count). The van der Waals surface area contributed by atoms with E-state index in [2.05, 4.69) is 0 Å². The summed E-state index contributed by atoms with van der Waals surface area (Å²) in [5.41, 5.74) is 1.36. The molecule has 2 aromatic rings. The average Bonchev–Trinajstić information content (AvgIpc) is 2.59. The molecule has 0 radical (unpaired) electrons. The number of amides is 2. The van der Waals surface area contributed by atoms with E-state index in [1.165, 1.54) is 0 Å². The molecule has 1 heterocycles. The van der Waals surface area contributed by atoms with E-state index in [0.717, 1.165) is 10.6 Å². The zero-order chi connectivity index (χ0) is 16.4. The molecule has 1 aliphatic rings. The summed E-state index contributed by atoms with van der Waals surface area (Å²) in [6.07, 6.45) is -1.07. The lowest BCUT2D eigenvalue weighted by Gasteiger charge is -2.42. The maximum absolute atomic E-state index is 12.6. The molecule has 0 N–H and O–H groups in total. The quantitative estimate of drug-likeness (QED) is 0.854. The average molecular weight is 310 g/mol. The van der Waals surface area contributed by atoms with Gasteiger partial charge in [0.25, 0.3) is 5.91 Å². The Morgan fingerprint density at radius 1 is 1.00 bits per heavy atom. The first kappa shape index (κ1) is 15.2. The van der Waals surface area contributed by atoms with Crippen LogP contribution in [0.25, 0.3) is 0 Å². The first-order chi connectivity index (χ1) is 11.1. The van der Waals surface area contributed by atoms with Crippen LogP contribution in [0.4, 0.5) is 4.79 Å². The number of hydrogen-bond acceptors (Lipinski definition) is 4. The van der Waals surface area contributed by atoms with Gasteiger partial charge in [0.2, 0.25) is 0 Å². The van der Waals surface area contributed by atoms with Crippen LogP contribution < -0.4 is 0 Å². The number of carbonyl (C=O) groups excluding carboxylic acids is 2. The van der Waals surface area contributed by atoms with E-state index in [-0.39, 0.29) is 6.04 Å². The lowest BCUT2D eigenvalue weighted by atomic mass is 10.0. The molecule has 0 aliphatic carbocycles. The second kappa shape index (κ2) is 6.22. The Labute approximate surface area is 135 Å². The zero-order valence-corrected chi connectivity index (χ0v) is 13.0. The predicted molar refractivity (Wildman–Crippen MR) is 85.5 cm³/mol. The molecule has 2 amide bonds. The van der Waals surface area contributed by atoms with Crippen LogP contribution in [0.1, 0.15) is 28.9 Å². The van der Waals surface area contributed by atoms with Crippen LogP contribution in [0, 0.1) is 0 Å². The van der Waals surface area contributed by atoms with E-state index in [4.69, 9.17) is 4.74 Å². The van der Waals surface area contributed by atoms with Crippen molar-refractivity contribution in [3.63, 3.8) is 0 Å². The molecular formula is C18H18N2O3. The van der Waals surface area contributed by atoms with Crippen molar-refractivity contribution in [2.24, 2.45) is 0 Å². The van der Waals surface area contributed by atoms with Crippen molar-refractivity contribution in [3.05, 3.63) is 71.8 Å². The Kier molecular flexibility index (Phi) is 4.12. The molecule has 118 valence electrons. The van der Waals surface area contributed by atoms with Crippen LogP contribution in [0.15, 0.2) is 60.7 Å². The second-order valence-corrected chi connectivity index (χ2v) is 5.51. The lowest BCUT2D eigenvalue weighted by molar-refractivity contribution is -0.101. The van der Waals surface area contributed by atoms with Crippen LogP contribution in [0.2, 0.25) is 0 Å². The van der Waals surface area contributed by atoms with Crippen LogP contribution >= 0.6 is 0 Å². The van der Waals surface area contributed by atoms with Gasteiger partial charge in [0.15, 0.2) is 0 Å². The maximum Gasteiger partial charge on any atom is 0.432 e. The summed E-state index contributed by atoms with van der Waals surface area (Å²) in [6, 6.07) is 18.1. The number of imide groups is 1. The van der Waals surface area contributed by atoms with Gasteiger partial charge in [-0.2, -0.15) is 5.01 Å². The summed E-state index contributed by atoms with van der Waals surface area (Å²) in [6.45, 7) is 1.93. The van der Waals surface area contributed by atoms with Crippen molar-refractivity contribution in [2.45, 2.75) is 19.1 Å². The maximum atomic E-state index is 12.6. The fourth-order valence-electron chi connectivity index (χ4n) is 2.68. The number of hydrazine groups is 1. The number of cyclic esters (lactones) is 1. The van der Waals surface area contributed by atoms with Gasteiger partial charge in [-0.1, -0.05) is 48.5 Å². The van der Waals surface area contributed by atoms with Gasteiger partial charge < -0.3 is 4.74 Å². The summed E-state index contributed by atoms with van der Waals surface area (Å²) in [4.78, 5) is 25.0. The van der Waals surface area contributed by atoms with Gasteiger partial charge in [-0.25, -0.2) is 9.80 Å². The van der Waals surface area contributed by atoms with Crippen molar-refractivity contribution < 1.29 is 14.3 Å². The summed E-state index contributed by atoms with van der Waals surface area (Å²) in [5, 5.41) is 2.69. The molecule has 1 aliphatic heterocycles. The predicted octanol–water partition coefficient (Wildman–Crippen LogP) is 3.26. The van der Waals surface area contributed by atoms with E-state index in [0.29, 0.717) is 5.56 Å². The Bertz CT molecular complexity index is 703. The molecule has 0 bridgehead atoms. The van der Waals surface area contributed by atoms with Gasteiger partial charge in [-0.05, 0) is 24.6 Å². The summed E-state index contributed by atoms with van der Waals surface area (Å²) in [7, 11) is 1.72. The van der Waals surface area contributed by atoms with E-state index in [1.54, 1.807) is 36.3 Å². The third-order valence-corrected chi connectivity index (χ3v) is 4.08. The summed E-state index contributed by atoms with van der Waals surface area (Å²) in [5.74, 6) is -0.392. The van der Waals surface area contributed by atoms with Gasteiger partial charge >= 0.3 is 6.09 Å². The van der Waals surface area contributed by atoms with Crippen LogP contribution in [-0.2, 0) is 4.74 Å². The van der Waals surface area contributed by atoms with Crippen molar-refractivity contribution in [2.75, 3.05) is 7.05 Å². The molecule has 5 nitrogen and oxygen atoms in total. The fraction of sp³-hybridized carbons (Fsp3) is 0.222. The highest BCUT2D eigenvalue weighted by Crippen LogP contribution is 2.31. The SMILES string of the molecule is C[C@H]1[C@H](c2ccccc2)OC(=O)N(C(=O)c2ccccc2)N1C. The van der Waals surface area contributed by atoms with Gasteiger partial charge in [0.1, 0.15) is 6.10 Å².